The van der Waals surface area contributed by atoms with Gasteiger partial charge in [0, 0.05) is 69.7 Å². The standard InChI is InChI=1S/C36H39N5O5/c1-46-19-7-18-40-32-12-5-4-11-31(32)38-35(40)28-10-6-17-39(23-28)33(42)22-29(37-36(44)45)20-25-13-15-30(16-14-25)41-24-27-9-3-2-8-26(27)21-34(41)43/h2-5,8-9,11-16,21,24,28-29,37H,6-7,10,17-20,22-23H2,1H3,(H,44,45). The van der Waals surface area contributed by atoms with E-state index in [1.807, 2.05) is 77.8 Å². The summed E-state index contributed by atoms with van der Waals surface area (Å²) < 4.78 is 9.15. The summed E-state index contributed by atoms with van der Waals surface area (Å²) in [6, 6.07) is 24.3. The fourth-order valence-corrected chi connectivity index (χ4v) is 6.56. The van der Waals surface area contributed by atoms with Crippen molar-refractivity contribution in [3.05, 3.63) is 107 Å². The first-order valence-corrected chi connectivity index (χ1v) is 15.8. The zero-order chi connectivity index (χ0) is 32.0. The molecule has 0 aliphatic carbocycles. The monoisotopic (exact) mass is 621 g/mol. The molecule has 238 valence electrons. The van der Waals surface area contributed by atoms with Crippen LogP contribution in [0.2, 0.25) is 0 Å². The lowest BCUT2D eigenvalue weighted by Crippen LogP contribution is -2.44. The van der Waals surface area contributed by atoms with E-state index >= 15 is 0 Å². The van der Waals surface area contributed by atoms with Crippen molar-refractivity contribution in [3.8, 4) is 5.69 Å². The van der Waals surface area contributed by atoms with Crippen LogP contribution in [-0.2, 0) is 22.5 Å². The van der Waals surface area contributed by atoms with E-state index < -0.39 is 12.1 Å². The highest BCUT2D eigenvalue weighted by molar-refractivity contribution is 5.82. The SMILES string of the molecule is COCCCn1c(C2CCCN(C(=O)CC(Cc3ccc(-n4cc5ccccc5cc4=O)cc3)NC(=O)O)C2)nc2ccccc21. The van der Waals surface area contributed by atoms with Crippen LogP contribution in [0.15, 0.2) is 89.9 Å². The molecule has 6 rings (SSSR count). The van der Waals surface area contributed by atoms with Crippen LogP contribution in [0.4, 0.5) is 4.79 Å². The molecule has 1 aliphatic heterocycles. The Bertz CT molecular complexity index is 1900. The van der Waals surface area contributed by atoms with Crippen molar-refractivity contribution in [2.75, 3.05) is 26.8 Å². The number of piperidine rings is 1. The summed E-state index contributed by atoms with van der Waals surface area (Å²) in [6.45, 7) is 2.62. The average Bonchev–Trinajstić information content (AvgIpc) is 3.43. The molecule has 3 aromatic carbocycles. The zero-order valence-corrected chi connectivity index (χ0v) is 26.0. The Morgan fingerprint density at radius 2 is 1.80 bits per heavy atom. The first-order valence-electron chi connectivity index (χ1n) is 15.8. The second-order valence-electron chi connectivity index (χ2n) is 12.0. The van der Waals surface area contributed by atoms with Gasteiger partial charge in [-0.2, -0.15) is 0 Å². The quantitative estimate of drug-likeness (QED) is 0.192. The van der Waals surface area contributed by atoms with Crippen LogP contribution in [0.1, 0.15) is 43.0 Å². The molecule has 10 heteroatoms. The van der Waals surface area contributed by atoms with Crippen LogP contribution in [0.25, 0.3) is 27.5 Å². The van der Waals surface area contributed by atoms with Gasteiger partial charge in [0.2, 0.25) is 5.91 Å². The molecule has 0 saturated carbocycles. The van der Waals surface area contributed by atoms with E-state index in [0.29, 0.717) is 31.8 Å². The molecule has 10 nitrogen and oxygen atoms in total. The van der Waals surface area contributed by atoms with Crippen molar-refractivity contribution >= 4 is 33.8 Å². The number of carboxylic acid groups (broad SMARTS) is 1. The van der Waals surface area contributed by atoms with Crippen molar-refractivity contribution in [1.29, 1.82) is 0 Å². The highest BCUT2D eigenvalue weighted by atomic mass is 16.5. The molecule has 1 aliphatic rings. The summed E-state index contributed by atoms with van der Waals surface area (Å²) in [5, 5.41) is 14.0. The fourth-order valence-electron chi connectivity index (χ4n) is 6.56. The van der Waals surface area contributed by atoms with Crippen LogP contribution in [0.5, 0.6) is 0 Å². The Morgan fingerprint density at radius 1 is 1.04 bits per heavy atom. The molecule has 2 N–H and O–H groups in total. The number of methoxy groups -OCH3 is 1. The van der Waals surface area contributed by atoms with Gasteiger partial charge in [0.15, 0.2) is 0 Å². The Morgan fingerprint density at radius 3 is 2.59 bits per heavy atom. The maximum absolute atomic E-state index is 13.6. The van der Waals surface area contributed by atoms with E-state index in [9.17, 15) is 19.5 Å². The maximum atomic E-state index is 13.6. The van der Waals surface area contributed by atoms with Crippen molar-refractivity contribution < 1.29 is 19.4 Å². The number of hydrogen-bond donors (Lipinski definition) is 2. The molecule has 1 saturated heterocycles. The van der Waals surface area contributed by atoms with Crippen molar-refractivity contribution in [1.82, 2.24) is 24.3 Å². The normalized spacial score (nSPS) is 15.7. The molecule has 5 aromatic rings. The van der Waals surface area contributed by atoms with Gasteiger partial charge in [-0.05, 0) is 66.3 Å². The largest absolute Gasteiger partial charge is 0.465 e. The van der Waals surface area contributed by atoms with E-state index in [4.69, 9.17) is 9.72 Å². The van der Waals surface area contributed by atoms with E-state index in [1.54, 1.807) is 17.7 Å². The number of nitrogens with zero attached hydrogens (tertiary/aromatic N) is 4. The summed E-state index contributed by atoms with van der Waals surface area (Å²) in [5.41, 5.74) is 3.48. The second kappa shape index (κ2) is 14.0. The topological polar surface area (TPSA) is 119 Å². The second-order valence-corrected chi connectivity index (χ2v) is 12.0. The number of aryl methyl sites for hydroxylation is 1. The van der Waals surface area contributed by atoms with Crippen LogP contribution >= 0.6 is 0 Å². The third-order valence-electron chi connectivity index (χ3n) is 8.78. The van der Waals surface area contributed by atoms with E-state index in [1.165, 1.54) is 0 Å². The van der Waals surface area contributed by atoms with Gasteiger partial charge in [-0.3, -0.25) is 14.2 Å². The molecule has 3 heterocycles. The predicted molar refractivity (Wildman–Crippen MR) is 178 cm³/mol. The van der Waals surface area contributed by atoms with E-state index in [-0.39, 0.29) is 23.8 Å². The molecule has 0 radical (unpaired) electrons. The Kier molecular flexibility index (Phi) is 9.44. The van der Waals surface area contributed by atoms with Gasteiger partial charge in [0.1, 0.15) is 5.82 Å². The number of hydrogen-bond acceptors (Lipinski definition) is 5. The van der Waals surface area contributed by atoms with Gasteiger partial charge < -0.3 is 24.6 Å². The molecule has 46 heavy (non-hydrogen) atoms. The summed E-state index contributed by atoms with van der Waals surface area (Å²) in [7, 11) is 1.70. The molecular weight excluding hydrogens is 582 g/mol. The third-order valence-corrected chi connectivity index (χ3v) is 8.78. The molecule has 0 spiro atoms. The van der Waals surface area contributed by atoms with Gasteiger partial charge in [-0.15, -0.1) is 0 Å². The number of imidazole rings is 1. The molecule has 2 aromatic heterocycles. The highest BCUT2D eigenvalue weighted by Crippen LogP contribution is 2.30. The third kappa shape index (κ3) is 6.97. The first-order chi connectivity index (χ1) is 22.4. The van der Waals surface area contributed by atoms with Crippen molar-refractivity contribution in [2.24, 2.45) is 0 Å². The zero-order valence-electron chi connectivity index (χ0n) is 26.0. The Balaban J connectivity index is 1.15. The number of carbonyl (C=O) groups excluding carboxylic acids is 1. The van der Waals surface area contributed by atoms with Gasteiger partial charge >= 0.3 is 6.09 Å². The number of carbonyl (C=O) groups is 2. The first kappa shape index (κ1) is 31.0. The van der Waals surface area contributed by atoms with E-state index in [0.717, 1.165) is 59.0 Å². The lowest BCUT2D eigenvalue weighted by atomic mass is 9.95. The number of pyridine rings is 1. The van der Waals surface area contributed by atoms with E-state index in [2.05, 4.69) is 16.0 Å². The number of rotatable bonds is 11. The number of benzene rings is 3. The number of nitrogens with one attached hydrogen (secondary N) is 1. The van der Waals surface area contributed by atoms with Crippen LogP contribution in [0, 0.1) is 0 Å². The summed E-state index contributed by atoms with van der Waals surface area (Å²) in [5.74, 6) is 0.995. The van der Waals surface area contributed by atoms with Crippen molar-refractivity contribution in [3.63, 3.8) is 0 Å². The number of amides is 2. The van der Waals surface area contributed by atoms with Crippen molar-refractivity contribution in [2.45, 2.75) is 50.6 Å². The average molecular weight is 622 g/mol. The lowest BCUT2D eigenvalue weighted by Gasteiger charge is -2.33. The molecule has 0 bridgehead atoms. The molecular formula is C36H39N5O5. The van der Waals surface area contributed by atoms with Gasteiger partial charge in [0.25, 0.3) is 5.56 Å². The molecule has 1 fully saturated rings. The predicted octanol–water partition coefficient (Wildman–Crippen LogP) is 5.35. The Hall–Kier alpha value is -4.96. The van der Waals surface area contributed by atoms with Crippen LogP contribution in [0.3, 0.4) is 0 Å². The molecule has 2 unspecified atom stereocenters. The molecule has 2 atom stereocenters. The lowest BCUT2D eigenvalue weighted by molar-refractivity contribution is -0.132. The van der Waals surface area contributed by atoms with Gasteiger partial charge in [0.05, 0.1) is 11.0 Å². The minimum absolute atomic E-state index is 0.0508. The van der Waals surface area contributed by atoms with Crippen LogP contribution < -0.4 is 10.9 Å². The maximum Gasteiger partial charge on any atom is 0.404 e. The van der Waals surface area contributed by atoms with Crippen LogP contribution in [-0.4, -0.2) is 69.0 Å². The van der Waals surface area contributed by atoms with Gasteiger partial charge in [-0.1, -0.05) is 48.5 Å². The summed E-state index contributed by atoms with van der Waals surface area (Å²) in [4.78, 5) is 44.9. The number of likely N-dealkylation sites (tertiary alicyclic amines) is 1. The smallest absolute Gasteiger partial charge is 0.404 e. The summed E-state index contributed by atoms with van der Waals surface area (Å²) >= 11 is 0. The Labute approximate surface area is 267 Å². The number of aromatic nitrogens is 3. The number of ether oxygens (including phenoxy) is 1. The number of fused-ring (bicyclic) bond motifs is 2. The summed E-state index contributed by atoms with van der Waals surface area (Å²) in [6.07, 6.45) is 3.69. The van der Waals surface area contributed by atoms with Gasteiger partial charge in [-0.25, -0.2) is 9.78 Å². The number of para-hydroxylation sites is 2. The fraction of sp³-hybridized carbons (Fsp3) is 0.333. The minimum atomic E-state index is -1.17. The highest BCUT2D eigenvalue weighted by Gasteiger charge is 2.30. The minimum Gasteiger partial charge on any atom is -0.465 e. The molecule has 2 amide bonds.